The number of hydrogen-bond donors (Lipinski definition) is 0. The fourth-order valence-electron chi connectivity index (χ4n) is 4.49. The zero-order valence-corrected chi connectivity index (χ0v) is 27.6. The van der Waals surface area contributed by atoms with E-state index in [1.165, 1.54) is 22.3 Å². The molecule has 0 atom stereocenters. The Morgan fingerprint density at radius 2 is 1.00 bits per heavy atom. The van der Waals surface area contributed by atoms with Gasteiger partial charge in [-0.1, -0.05) is 151 Å². The minimum atomic E-state index is -0.136. The van der Waals surface area contributed by atoms with Gasteiger partial charge < -0.3 is 5.32 Å². The number of rotatable bonds is 8. The molecule has 0 unspecified atom stereocenters. The molecule has 2 aromatic rings. The maximum atomic E-state index is 5.46. The maximum Gasteiger partial charge on any atom is 0.0702 e. The Morgan fingerprint density at radius 1 is 0.632 bits per heavy atom. The van der Waals surface area contributed by atoms with Gasteiger partial charge in [0.25, 0.3) is 0 Å². The van der Waals surface area contributed by atoms with Crippen molar-refractivity contribution in [3.63, 3.8) is 0 Å². The molecular weight excluding hydrogens is 507 g/mol. The zero-order chi connectivity index (χ0) is 28.3. The zero-order valence-electron chi connectivity index (χ0n) is 26.6. The summed E-state index contributed by atoms with van der Waals surface area (Å²) in [7, 11) is 0. The summed E-state index contributed by atoms with van der Waals surface area (Å²) in [6.07, 6.45) is 2.28. The molecule has 2 rings (SSSR count). The van der Waals surface area contributed by atoms with Crippen molar-refractivity contribution in [3.05, 3.63) is 75.7 Å². The molecule has 0 bridgehead atoms. The standard InChI is InChI=1S/C35H53N2.Co/c1-22(2)26-17-15-18-27(23(3)4)32(26)36-30(34(9,10)11)21-31(35(12,13)14)37-33-28(24(5)6)19-16-20-29(33)25(7)8;/h15-25H,1-14H3;/q-1;/b30-21-,37-31?;. The van der Waals surface area contributed by atoms with Crippen molar-refractivity contribution in [1.29, 1.82) is 0 Å². The topological polar surface area (TPSA) is 26.5 Å². The summed E-state index contributed by atoms with van der Waals surface area (Å²) in [6.45, 7) is 31.7. The molecule has 0 amide bonds. The van der Waals surface area contributed by atoms with E-state index >= 15 is 0 Å². The van der Waals surface area contributed by atoms with Crippen molar-refractivity contribution in [3.8, 4) is 0 Å². The normalized spacial score (nSPS) is 13.5. The smallest absolute Gasteiger partial charge is 0.0702 e. The molecule has 0 aromatic heterocycles. The molecule has 0 N–H and O–H groups in total. The van der Waals surface area contributed by atoms with Crippen LogP contribution < -0.4 is 0 Å². The summed E-state index contributed by atoms with van der Waals surface area (Å²) in [5, 5.41) is 5.46. The van der Waals surface area contributed by atoms with E-state index in [1.807, 2.05) is 0 Å². The van der Waals surface area contributed by atoms with Crippen LogP contribution in [0.4, 0.5) is 11.4 Å². The SMILES string of the molecule is CC(C)c1cccc(C(C)C)c1N=C(/C=C(\[N-]c1c(C(C)C)cccc1C(C)C)C(C)(C)C)C(C)(C)C.[Co]. The van der Waals surface area contributed by atoms with Gasteiger partial charge in [-0.15, -0.1) is 5.69 Å². The summed E-state index contributed by atoms with van der Waals surface area (Å²) in [4.78, 5) is 5.46. The van der Waals surface area contributed by atoms with Crippen LogP contribution in [0.25, 0.3) is 5.32 Å². The summed E-state index contributed by atoms with van der Waals surface area (Å²) in [5.74, 6) is 1.61. The average Bonchev–Trinajstić information content (AvgIpc) is 2.75. The number of hydrogen-bond acceptors (Lipinski definition) is 1. The second-order valence-electron chi connectivity index (χ2n) is 13.8. The molecule has 0 aliphatic heterocycles. The Balaban J connectivity index is 0.00000722. The third-order valence-corrected chi connectivity index (χ3v) is 6.96. The second-order valence-corrected chi connectivity index (χ2v) is 13.8. The van der Waals surface area contributed by atoms with Crippen LogP contribution in [0, 0.1) is 10.8 Å². The Labute approximate surface area is 245 Å². The van der Waals surface area contributed by atoms with Crippen LogP contribution in [0.3, 0.4) is 0 Å². The van der Waals surface area contributed by atoms with Gasteiger partial charge in [0, 0.05) is 27.9 Å². The molecule has 2 aromatic carbocycles. The van der Waals surface area contributed by atoms with Gasteiger partial charge >= 0.3 is 0 Å². The molecule has 0 saturated heterocycles. The number of nitrogens with zero attached hydrogens (tertiary/aromatic N) is 2. The van der Waals surface area contributed by atoms with Crippen LogP contribution in [0.15, 0.2) is 53.2 Å². The molecular formula is C35H53CoN2-. The van der Waals surface area contributed by atoms with Crippen LogP contribution in [-0.2, 0) is 16.8 Å². The van der Waals surface area contributed by atoms with E-state index in [0.29, 0.717) is 23.7 Å². The summed E-state index contributed by atoms with van der Waals surface area (Å²) < 4.78 is 0. The first-order valence-corrected chi connectivity index (χ1v) is 14.2. The minimum absolute atomic E-state index is 0. The third-order valence-electron chi connectivity index (χ3n) is 6.96. The number of aliphatic imine (C=N–C) groups is 1. The molecule has 0 heterocycles. The molecule has 0 aliphatic rings. The molecule has 38 heavy (non-hydrogen) atoms. The van der Waals surface area contributed by atoms with Crippen molar-refractivity contribution >= 4 is 17.1 Å². The molecule has 3 heteroatoms. The molecule has 213 valence electrons. The van der Waals surface area contributed by atoms with E-state index in [9.17, 15) is 0 Å². The van der Waals surface area contributed by atoms with Crippen molar-refractivity contribution < 1.29 is 16.8 Å². The van der Waals surface area contributed by atoms with E-state index in [4.69, 9.17) is 10.3 Å². The van der Waals surface area contributed by atoms with E-state index in [-0.39, 0.29) is 27.6 Å². The Kier molecular flexibility index (Phi) is 12.1. The Hall–Kier alpha value is -1.84. The number of allylic oxidation sites excluding steroid dienone is 2. The van der Waals surface area contributed by atoms with Crippen LogP contribution in [0.1, 0.15) is 143 Å². The van der Waals surface area contributed by atoms with E-state index in [2.05, 4.69) is 139 Å². The molecule has 1 radical (unpaired) electrons. The Bertz CT molecular complexity index is 1070. The van der Waals surface area contributed by atoms with Crippen molar-refractivity contribution in [1.82, 2.24) is 0 Å². The molecule has 0 aliphatic carbocycles. The van der Waals surface area contributed by atoms with Crippen molar-refractivity contribution in [2.24, 2.45) is 15.8 Å². The van der Waals surface area contributed by atoms with Gasteiger partial charge in [0.15, 0.2) is 0 Å². The quantitative estimate of drug-likeness (QED) is 0.287. The monoisotopic (exact) mass is 560 g/mol. The van der Waals surface area contributed by atoms with Gasteiger partial charge in [-0.25, -0.2) is 0 Å². The predicted molar refractivity (Wildman–Crippen MR) is 166 cm³/mol. The molecule has 0 spiro atoms. The summed E-state index contributed by atoms with van der Waals surface area (Å²) in [5.41, 5.74) is 9.37. The third kappa shape index (κ3) is 8.58. The van der Waals surface area contributed by atoms with Crippen LogP contribution in [0.5, 0.6) is 0 Å². The molecule has 0 saturated carbocycles. The molecule has 0 fully saturated rings. The van der Waals surface area contributed by atoms with Gasteiger partial charge in [0.2, 0.25) is 0 Å². The predicted octanol–water partition coefficient (Wildman–Crippen LogP) is 11.9. The van der Waals surface area contributed by atoms with Crippen molar-refractivity contribution in [2.45, 2.75) is 121 Å². The van der Waals surface area contributed by atoms with E-state index < -0.39 is 0 Å². The summed E-state index contributed by atoms with van der Waals surface area (Å²) in [6, 6.07) is 13.3. The van der Waals surface area contributed by atoms with Gasteiger partial charge in [-0.05, 0) is 40.2 Å². The van der Waals surface area contributed by atoms with Crippen LogP contribution in [0.2, 0.25) is 0 Å². The van der Waals surface area contributed by atoms with Crippen molar-refractivity contribution in [2.75, 3.05) is 0 Å². The first kappa shape index (κ1) is 34.2. The number of para-hydroxylation sites is 2. The fourth-order valence-corrected chi connectivity index (χ4v) is 4.49. The first-order valence-electron chi connectivity index (χ1n) is 14.2. The second kappa shape index (κ2) is 13.5. The fraction of sp³-hybridized carbons (Fsp3) is 0.571. The minimum Gasteiger partial charge on any atom is -0.660 e. The molecule has 2 nitrogen and oxygen atoms in total. The maximum absolute atomic E-state index is 5.46. The van der Waals surface area contributed by atoms with Crippen LogP contribution >= 0.6 is 0 Å². The van der Waals surface area contributed by atoms with Gasteiger partial charge in [-0.2, -0.15) is 5.70 Å². The largest absolute Gasteiger partial charge is 0.660 e. The average molecular weight is 561 g/mol. The van der Waals surface area contributed by atoms with Gasteiger partial charge in [0.05, 0.1) is 5.69 Å². The van der Waals surface area contributed by atoms with E-state index in [0.717, 1.165) is 22.8 Å². The summed E-state index contributed by atoms with van der Waals surface area (Å²) >= 11 is 0. The number of benzene rings is 2. The van der Waals surface area contributed by atoms with Gasteiger partial charge in [-0.3, -0.25) is 4.99 Å². The van der Waals surface area contributed by atoms with Crippen LogP contribution in [-0.4, -0.2) is 5.71 Å². The first-order chi connectivity index (χ1) is 16.9. The Morgan fingerprint density at radius 3 is 1.32 bits per heavy atom. The van der Waals surface area contributed by atoms with E-state index in [1.54, 1.807) is 0 Å². The van der Waals surface area contributed by atoms with Gasteiger partial charge in [0.1, 0.15) is 0 Å².